The zero-order valence-corrected chi connectivity index (χ0v) is 13.4. The molecule has 0 aliphatic carbocycles. The lowest BCUT2D eigenvalue weighted by Gasteiger charge is -2.12. The van der Waals surface area contributed by atoms with Gasteiger partial charge in [-0.15, -0.1) is 0 Å². The van der Waals surface area contributed by atoms with Crippen LogP contribution in [0.1, 0.15) is 19.8 Å². The van der Waals surface area contributed by atoms with Crippen molar-refractivity contribution in [2.24, 2.45) is 5.92 Å². The molecule has 0 amide bonds. The molecule has 1 aromatic rings. The molecule has 0 aliphatic rings. The molecular weight excluding hydrogens is 348 g/mol. The summed E-state index contributed by atoms with van der Waals surface area (Å²) in [5.74, 6) is 2.39. The first-order valence-electron chi connectivity index (χ1n) is 5.69. The predicted molar refractivity (Wildman–Crippen MR) is 78.4 cm³/mol. The molecular formula is C13H18Br2O2. The van der Waals surface area contributed by atoms with Crippen LogP contribution in [-0.4, -0.2) is 19.0 Å². The van der Waals surface area contributed by atoms with Crippen LogP contribution >= 0.6 is 31.9 Å². The summed E-state index contributed by atoms with van der Waals surface area (Å²) in [6.45, 7) is 2.99. The lowest BCUT2D eigenvalue weighted by molar-refractivity contribution is 0.280. The number of benzene rings is 1. The minimum atomic E-state index is 0.686. The van der Waals surface area contributed by atoms with Crippen LogP contribution in [-0.2, 0) is 0 Å². The summed E-state index contributed by atoms with van der Waals surface area (Å²) < 4.78 is 11.8. The van der Waals surface area contributed by atoms with Crippen LogP contribution in [0.4, 0.5) is 0 Å². The Morgan fingerprint density at radius 2 is 2.06 bits per heavy atom. The van der Waals surface area contributed by atoms with Gasteiger partial charge < -0.3 is 9.47 Å². The molecule has 4 heteroatoms. The molecule has 0 saturated carbocycles. The fraction of sp³-hybridized carbons (Fsp3) is 0.538. The van der Waals surface area contributed by atoms with Crippen LogP contribution in [0, 0.1) is 5.92 Å². The summed E-state index contributed by atoms with van der Waals surface area (Å²) in [6.07, 6.45) is 2.26. The molecule has 0 saturated heterocycles. The van der Waals surface area contributed by atoms with Gasteiger partial charge in [0.05, 0.1) is 18.2 Å². The maximum Gasteiger partial charge on any atom is 0.133 e. The van der Waals surface area contributed by atoms with E-state index in [2.05, 4.69) is 38.8 Å². The smallest absolute Gasteiger partial charge is 0.133 e. The molecule has 0 heterocycles. The largest absolute Gasteiger partial charge is 0.497 e. The summed E-state index contributed by atoms with van der Waals surface area (Å²) in [5.41, 5.74) is 0. The van der Waals surface area contributed by atoms with Crippen molar-refractivity contribution in [3.63, 3.8) is 0 Å². The maximum atomic E-state index is 5.74. The lowest BCUT2D eigenvalue weighted by Crippen LogP contribution is -2.05. The van der Waals surface area contributed by atoms with E-state index in [1.165, 1.54) is 6.42 Å². The van der Waals surface area contributed by atoms with Crippen molar-refractivity contribution in [1.29, 1.82) is 0 Å². The van der Waals surface area contributed by atoms with E-state index in [0.29, 0.717) is 5.92 Å². The number of hydrogen-bond donors (Lipinski definition) is 0. The summed E-state index contributed by atoms with van der Waals surface area (Å²) >= 11 is 6.93. The number of hydrogen-bond acceptors (Lipinski definition) is 2. The molecule has 0 aliphatic heterocycles. The highest BCUT2D eigenvalue weighted by atomic mass is 79.9. The first kappa shape index (κ1) is 14.8. The fourth-order valence-electron chi connectivity index (χ4n) is 1.43. The van der Waals surface area contributed by atoms with Gasteiger partial charge in [0.2, 0.25) is 0 Å². The zero-order valence-electron chi connectivity index (χ0n) is 10.2. The van der Waals surface area contributed by atoms with Crippen molar-refractivity contribution in [3.8, 4) is 11.5 Å². The Balaban J connectivity index is 2.41. The normalized spacial score (nSPS) is 12.2. The van der Waals surface area contributed by atoms with Crippen molar-refractivity contribution in [1.82, 2.24) is 0 Å². The summed E-state index contributed by atoms with van der Waals surface area (Å²) in [7, 11) is 1.66. The molecule has 0 fully saturated rings. The molecule has 0 aromatic heterocycles. The van der Waals surface area contributed by atoms with Gasteiger partial charge in [-0.3, -0.25) is 0 Å². The number of rotatable bonds is 7. The Bertz CT molecular complexity index is 342. The van der Waals surface area contributed by atoms with Gasteiger partial charge in [0.15, 0.2) is 0 Å². The molecule has 0 radical (unpaired) electrons. The van der Waals surface area contributed by atoms with Gasteiger partial charge in [0.1, 0.15) is 11.5 Å². The fourth-order valence-corrected chi connectivity index (χ4v) is 2.68. The lowest BCUT2D eigenvalue weighted by atomic mass is 10.1. The van der Waals surface area contributed by atoms with Crippen molar-refractivity contribution < 1.29 is 9.47 Å². The SMILES string of the molecule is COc1ccc(OCCC(C)CCBr)c(Br)c1. The predicted octanol–water partition coefficient (Wildman–Crippen LogP) is 4.65. The van der Waals surface area contributed by atoms with E-state index in [-0.39, 0.29) is 0 Å². The molecule has 0 N–H and O–H groups in total. The molecule has 1 rings (SSSR count). The van der Waals surface area contributed by atoms with Crippen LogP contribution in [0.2, 0.25) is 0 Å². The Morgan fingerprint density at radius 1 is 1.29 bits per heavy atom. The van der Waals surface area contributed by atoms with E-state index in [1.807, 2.05) is 18.2 Å². The van der Waals surface area contributed by atoms with Crippen molar-refractivity contribution in [3.05, 3.63) is 22.7 Å². The minimum absolute atomic E-state index is 0.686. The molecule has 1 aromatic carbocycles. The minimum Gasteiger partial charge on any atom is -0.497 e. The van der Waals surface area contributed by atoms with Gasteiger partial charge in [-0.2, -0.15) is 0 Å². The Morgan fingerprint density at radius 3 is 2.65 bits per heavy atom. The molecule has 2 nitrogen and oxygen atoms in total. The second-order valence-electron chi connectivity index (χ2n) is 4.02. The topological polar surface area (TPSA) is 18.5 Å². The summed E-state index contributed by atoms with van der Waals surface area (Å²) in [4.78, 5) is 0. The van der Waals surface area contributed by atoms with Crippen molar-refractivity contribution in [2.75, 3.05) is 19.0 Å². The second kappa shape index (κ2) is 7.98. The quantitative estimate of drug-likeness (QED) is 0.655. The third-order valence-corrected chi connectivity index (χ3v) is 3.69. The van der Waals surface area contributed by atoms with E-state index in [0.717, 1.165) is 34.3 Å². The van der Waals surface area contributed by atoms with Crippen molar-refractivity contribution in [2.45, 2.75) is 19.8 Å². The molecule has 0 spiro atoms. The third kappa shape index (κ3) is 5.30. The number of methoxy groups -OCH3 is 1. The number of alkyl halides is 1. The van der Waals surface area contributed by atoms with Crippen LogP contribution < -0.4 is 9.47 Å². The van der Waals surface area contributed by atoms with Crippen LogP contribution in [0.25, 0.3) is 0 Å². The van der Waals surface area contributed by atoms with Gasteiger partial charge in [0, 0.05) is 5.33 Å². The molecule has 96 valence electrons. The summed E-state index contributed by atoms with van der Waals surface area (Å²) in [6, 6.07) is 5.75. The van der Waals surface area contributed by atoms with Gasteiger partial charge in [-0.25, -0.2) is 0 Å². The third-order valence-electron chi connectivity index (χ3n) is 2.61. The second-order valence-corrected chi connectivity index (χ2v) is 5.66. The first-order valence-corrected chi connectivity index (χ1v) is 7.61. The maximum absolute atomic E-state index is 5.74. The van der Waals surface area contributed by atoms with Crippen LogP contribution in [0.3, 0.4) is 0 Å². The van der Waals surface area contributed by atoms with Gasteiger partial charge in [-0.1, -0.05) is 22.9 Å². The van der Waals surface area contributed by atoms with Gasteiger partial charge in [-0.05, 0) is 52.9 Å². The van der Waals surface area contributed by atoms with E-state index in [4.69, 9.17) is 9.47 Å². The molecule has 1 atom stereocenters. The van der Waals surface area contributed by atoms with Gasteiger partial charge >= 0.3 is 0 Å². The molecule has 17 heavy (non-hydrogen) atoms. The van der Waals surface area contributed by atoms with E-state index < -0.39 is 0 Å². The monoisotopic (exact) mass is 364 g/mol. The number of ether oxygens (including phenoxy) is 2. The Hall–Kier alpha value is -0.220. The average molecular weight is 366 g/mol. The zero-order chi connectivity index (χ0) is 12.7. The van der Waals surface area contributed by atoms with E-state index in [1.54, 1.807) is 7.11 Å². The van der Waals surface area contributed by atoms with E-state index in [9.17, 15) is 0 Å². The Kier molecular flexibility index (Phi) is 6.97. The summed E-state index contributed by atoms with van der Waals surface area (Å²) in [5, 5.41) is 1.06. The molecule has 1 unspecified atom stereocenters. The Labute approximate surface area is 120 Å². The first-order chi connectivity index (χ1) is 8.17. The standard InChI is InChI=1S/C13H18Br2O2/c1-10(5-7-14)6-8-17-13-4-3-11(16-2)9-12(13)15/h3-4,9-10H,5-8H2,1-2H3. The highest BCUT2D eigenvalue weighted by Gasteiger charge is 2.05. The van der Waals surface area contributed by atoms with Gasteiger partial charge in [0.25, 0.3) is 0 Å². The van der Waals surface area contributed by atoms with Crippen LogP contribution in [0.15, 0.2) is 22.7 Å². The van der Waals surface area contributed by atoms with E-state index >= 15 is 0 Å². The van der Waals surface area contributed by atoms with Crippen molar-refractivity contribution >= 4 is 31.9 Å². The van der Waals surface area contributed by atoms with Crippen LogP contribution in [0.5, 0.6) is 11.5 Å². The number of halogens is 2. The molecule has 0 bridgehead atoms. The average Bonchev–Trinajstić information content (AvgIpc) is 2.31. The highest BCUT2D eigenvalue weighted by Crippen LogP contribution is 2.29. The highest BCUT2D eigenvalue weighted by molar-refractivity contribution is 9.10.